The Morgan fingerprint density at radius 3 is 2.76 bits per heavy atom. The van der Waals surface area contributed by atoms with Gasteiger partial charge in [0, 0.05) is 30.7 Å². The molecule has 10 heteroatoms. The maximum Gasteiger partial charge on any atom is 0.279 e. The van der Waals surface area contributed by atoms with Crippen LogP contribution in [0.4, 0.5) is 9.52 Å². The van der Waals surface area contributed by atoms with Crippen LogP contribution in [0.1, 0.15) is 34.8 Å². The molecule has 1 amide bonds. The smallest absolute Gasteiger partial charge is 0.279 e. The van der Waals surface area contributed by atoms with Gasteiger partial charge < -0.3 is 9.47 Å². The van der Waals surface area contributed by atoms with E-state index in [1.54, 1.807) is 24.4 Å². The second kappa shape index (κ2) is 10.2. The van der Waals surface area contributed by atoms with Crippen molar-refractivity contribution in [3.63, 3.8) is 0 Å². The van der Waals surface area contributed by atoms with Crippen LogP contribution in [-0.2, 0) is 22.4 Å². The first-order valence-corrected chi connectivity index (χ1v) is 10.0. The number of carbonyl (C=O) groups is 1. The Morgan fingerprint density at radius 1 is 1.28 bits per heavy atom. The predicted octanol–water partition coefficient (Wildman–Crippen LogP) is 3.12. The molecule has 3 rings (SSSR count). The Morgan fingerprint density at radius 2 is 2.03 bits per heavy atom. The molecule has 154 valence electrons. The van der Waals surface area contributed by atoms with Crippen LogP contribution in [0.5, 0.6) is 0 Å². The van der Waals surface area contributed by atoms with Crippen molar-refractivity contribution in [2.24, 2.45) is 0 Å². The van der Waals surface area contributed by atoms with Crippen LogP contribution in [0.3, 0.4) is 0 Å². The zero-order chi connectivity index (χ0) is 20.6. The van der Waals surface area contributed by atoms with E-state index in [1.807, 2.05) is 13.8 Å². The summed E-state index contributed by atoms with van der Waals surface area (Å²) in [6.07, 6.45) is 3.10. The summed E-state index contributed by atoms with van der Waals surface area (Å²) in [7, 11) is 0. The van der Waals surface area contributed by atoms with Crippen molar-refractivity contribution in [2.75, 3.05) is 18.5 Å². The molecule has 0 radical (unpaired) electrons. The normalized spacial score (nSPS) is 11.2. The fraction of sp³-hybridized carbons (Fsp3) is 0.368. The Hall–Kier alpha value is -2.69. The molecule has 2 aromatic heterocycles. The summed E-state index contributed by atoms with van der Waals surface area (Å²) in [5.41, 5.74) is 0.734. The topological polar surface area (TPSA) is 91.2 Å². The van der Waals surface area contributed by atoms with Gasteiger partial charge in [0.15, 0.2) is 17.1 Å². The highest BCUT2D eigenvalue weighted by molar-refractivity contribution is 7.15. The van der Waals surface area contributed by atoms with Crippen molar-refractivity contribution in [3.05, 3.63) is 58.6 Å². The van der Waals surface area contributed by atoms with Gasteiger partial charge in [-0.2, -0.15) is 0 Å². The predicted molar refractivity (Wildman–Crippen MR) is 106 cm³/mol. The minimum atomic E-state index is -0.456. The molecule has 0 aliphatic carbocycles. The third-order valence-electron chi connectivity index (χ3n) is 3.91. The highest BCUT2D eigenvalue weighted by Crippen LogP contribution is 2.22. The van der Waals surface area contributed by atoms with Crippen LogP contribution in [-0.4, -0.2) is 45.4 Å². The average Bonchev–Trinajstić information content (AvgIpc) is 3.34. The number of amides is 1. The molecule has 0 atom stereocenters. The number of nitrogens with one attached hydrogen (secondary N) is 1. The van der Waals surface area contributed by atoms with Crippen LogP contribution < -0.4 is 5.32 Å². The number of benzene rings is 1. The number of halogens is 1. The molecular weight excluding hydrogens is 397 g/mol. The van der Waals surface area contributed by atoms with Crippen LogP contribution in [0.15, 0.2) is 36.7 Å². The largest absolute Gasteiger partial charge is 0.351 e. The van der Waals surface area contributed by atoms with Gasteiger partial charge in [0.1, 0.15) is 5.82 Å². The molecular formula is C19H22FN5O3S. The summed E-state index contributed by atoms with van der Waals surface area (Å²) in [6.45, 7) is 5.09. The second-order valence-corrected chi connectivity index (χ2v) is 7.14. The van der Waals surface area contributed by atoms with Gasteiger partial charge in [0.2, 0.25) is 0 Å². The van der Waals surface area contributed by atoms with Gasteiger partial charge in [-0.25, -0.2) is 14.1 Å². The van der Waals surface area contributed by atoms with Crippen LogP contribution in [0, 0.1) is 5.82 Å². The lowest BCUT2D eigenvalue weighted by atomic mass is 10.1. The number of carbonyl (C=O) groups excluding carboxylic acids is 1. The van der Waals surface area contributed by atoms with Crippen molar-refractivity contribution in [2.45, 2.75) is 33.1 Å². The molecule has 0 unspecified atom stereocenters. The summed E-state index contributed by atoms with van der Waals surface area (Å²) in [5, 5.41) is 10.9. The third kappa shape index (κ3) is 5.89. The first-order chi connectivity index (χ1) is 14.1. The van der Waals surface area contributed by atoms with Gasteiger partial charge in [-0.1, -0.05) is 23.4 Å². The summed E-state index contributed by atoms with van der Waals surface area (Å²) in [6, 6.07) is 6.58. The van der Waals surface area contributed by atoms with E-state index in [0.29, 0.717) is 36.9 Å². The van der Waals surface area contributed by atoms with Gasteiger partial charge >= 0.3 is 0 Å². The highest BCUT2D eigenvalue weighted by atomic mass is 32.1. The molecule has 3 aromatic rings. The molecule has 0 fully saturated rings. The molecule has 0 bridgehead atoms. The van der Waals surface area contributed by atoms with E-state index in [-0.39, 0.29) is 11.5 Å². The molecule has 8 nitrogen and oxygen atoms in total. The van der Waals surface area contributed by atoms with E-state index in [9.17, 15) is 9.18 Å². The van der Waals surface area contributed by atoms with E-state index in [0.717, 1.165) is 4.88 Å². The first-order valence-electron chi connectivity index (χ1n) is 9.21. The van der Waals surface area contributed by atoms with Gasteiger partial charge in [-0.05, 0) is 25.5 Å². The number of thiazole rings is 1. The molecule has 0 saturated carbocycles. The number of aromatic nitrogens is 4. The zero-order valence-corrected chi connectivity index (χ0v) is 17.0. The van der Waals surface area contributed by atoms with Gasteiger partial charge in [0.05, 0.1) is 12.7 Å². The van der Waals surface area contributed by atoms with Crippen LogP contribution in [0.2, 0.25) is 0 Å². The Balaban J connectivity index is 1.59. The van der Waals surface area contributed by atoms with Crippen molar-refractivity contribution in [1.82, 2.24) is 20.0 Å². The van der Waals surface area contributed by atoms with Crippen molar-refractivity contribution >= 4 is 22.4 Å². The van der Waals surface area contributed by atoms with E-state index < -0.39 is 12.2 Å². The summed E-state index contributed by atoms with van der Waals surface area (Å²) in [5.74, 6) is -0.687. The van der Waals surface area contributed by atoms with Crippen LogP contribution >= 0.6 is 11.3 Å². The molecule has 0 spiro atoms. The van der Waals surface area contributed by atoms with Gasteiger partial charge in [-0.15, -0.1) is 16.4 Å². The number of hydrogen-bond donors (Lipinski definition) is 1. The third-order valence-corrected chi connectivity index (χ3v) is 4.82. The summed E-state index contributed by atoms with van der Waals surface area (Å²) >= 11 is 1.29. The quantitative estimate of drug-likeness (QED) is 0.508. The van der Waals surface area contributed by atoms with Gasteiger partial charge in [0.25, 0.3) is 5.91 Å². The maximum absolute atomic E-state index is 13.8. The minimum Gasteiger partial charge on any atom is -0.351 e. The molecule has 1 N–H and O–H groups in total. The number of nitrogens with zero attached hydrogens (tertiary/aromatic N) is 4. The molecule has 0 saturated heterocycles. The summed E-state index contributed by atoms with van der Waals surface area (Å²) < 4.78 is 26.2. The number of anilines is 1. The molecule has 2 heterocycles. The van der Waals surface area contributed by atoms with Crippen molar-refractivity contribution < 1.29 is 18.7 Å². The van der Waals surface area contributed by atoms with E-state index >= 15 is 0 Å². The standard InChI is InChI=1S/C19H22FN5O3S/c1-3-27-17(28-4-2)12-25-11-16(23-24-25)18(26)22-19-21-10-14(29-19)9-13-7-5-6-8-15(13)20/h5-8,10-11,17H,3-4,9,12H2,1-2H3,(H,21,22,26). The average molecular weight is 419 g/mol. The molecule has 1 aromatic carbocycles. The van der Waals surface area contributed by atoms with E-state index in [2.05, 4.69) is 20.6 Å². The number of rotatable bonds is 10. The lowest BCUT2D eigenvalue weighted by molar-refractivity contribution is -0.145. The number of ether oxygens (including phenoxy) is 2. The highest BCUT2D eigenvalue weighted by Gasteiger charge is 2.16. The maximum atomic E-state index is 13.8. The SMILES string of the molecule is CCOC(Cn1cc(C(=O)Nc2ncc(Cc3ccccc3F)s2)nn1)OCC. The molecule has 0 aliphatic rings. The molecule has 0 aliphatic heterocycles. The lowest BCUT2D eigenvalue weighted by Crippen LogP contribution is -2.24. The number of hydrogen-bond acceptors (Lipinski definition) is 7. The Kier molecular flexibility index (Phi) is 7.39. The van der Waals surface area contributed by atoms with Crippen LogP contribution in [0.25, 0.3) is 0 Å². The Labute approximate surface area is 171 Å². The monoisotopic (exact) mass is 419 g/mol. The summed E-state index contributed by atoms with van der Waals surface area (Å²) in [4.78, 5) is 17.4. The molecule has 29 heavy (non-hydrogen) atoms. The van der Waals surface area contributed by atoms with Crippen molar-refractivity contribution in [1.29, 1.82) is 0 Å². The second-order valence-electron chi connectivity index (χ2n) is 6.02. The fourth-order valence-corrected chi connectivity index (χ4v) is 3.44. The Bertz CT molecular complexity index is 939. The van der Waals surface area contributed by atoms with E-state index in [4.69, 9.17) is 9.47 Å². The van der Waals surface area contributed by atoms with E-state index in [1.165, 1.54) is 28.3 Å². The first kappa shape index (κ1) is 21.0. The minimum absolute atomic E-state index is 0.155. The zero-order valence-electron chi connectivity index (χ0n) is 16.2. The lowest BCUT2D eigenvalue weighted by Gasteiger charge is -2.16. The van der Waals surface area contributed by atoms with Crippen molar-refractivity contribution in [3.8, 4) is 0 Å². The fourth-order valence-electron chi connectivity index (χ4n) is 2.61. The van der Waals surface area contributed by atoms with Gasteiger partial charge in [-0.3, -0.25) is 10.1 Å².